The Kier molecular flexibility index (Phi) is 11.6. The monoisotopic (exact) mass is 888 g/mol. The number of fused-ring (bicyclic) bond motifs is 2. The van der Waals surface area contributed by atoms with Crippen molar-refractivity contribution < 1.29 is 32.3 Å². The third-order valence-electron chi connectivity index (χ3n) is 14.5. The fraction of sp³-hybridized carbons (Fsp3) is 0.511. The minimum atomic E-state index is -4.61. The summed E-state index contributed by atoms with van der Waals surface area (Å²) in [5.41, 5.74) is 6.50. The number of likely N-dealkylation sites (tertiary alicyclic amines) is 3. The van der Waals surface area contributed by atoms with Gasteiger partial charge in [-0.2, -0.15) is 32.7 Å². The van der Waals surface area contributed by atoms with Crippen molar-refractivity contribution in [3.8, 4) is 0 Å². The Balaban J connectivity index is 0.788. The Hall–Kier alpha value is -5.26. The molecule has 5 aliphatic rings. The molecule has 9 rings (SSSR count). The van der Waals surface area contributed by atoms with E-state index in [-0.39, 0.29) is 77.7 Å². The van der Waals surface area contributed by atoms with Gasteiger partial charge in [0.25, 0.3) is 11.8 Å². The van der Waals surface area contributed by atoms with E-state index in [4.69, 9.17) is 17.3 Å². The van der Waals surface area contributed by atoms with Gasteiger partial charge in [-0.05, 0) is 92.6 Å². The fourth-order valence-corrected chi connectivity index (χ4v) is 11.4. The Morgan fingerprint density at radius 3 is 1.75 bits per heavy atom. The fourth-order valence-electron chi connectivity index (χ4n) is 11.2. The molecule has 3 aliphatic heterocycles. The summed E-state index contributed by atoms with van der Waals surface area (Å²) in [6.45, 7) is 3.49. The van der Waals surface area contributed by atoms with E-state index in [1.807, 2.05) is 36.2 Å². The predicted octanol–water partition coefficient (Wildman–Crippen LogP) is 6.10. The van der Waals surface area contributed by atoms with Gasteiger partial charge in [0, 0.05) is 87.8 Å². The van der Waals surface area contributed by atoms with Crippen LogP contribution in [0.3, 0.4) is 0 Å². The Morgan fingerprint density at radius 1 is 0.714 bits per heavy atom. The van der Waals surface area contributed by atoms with Gasteiger partial charge in [0.15, 0.2) is 0 Å². The van der Waals surface area contributed by atoms with E-state index in [1.165, 1.54) is 35.5 Å². The van der Waals surface area contributed by atoms with Gasteiger partial charge in [0.05, 0.1) is 29.1 Å². The number of primary amides is 1. The van der Waals surface area contributed by atoms with Crippen molar-refractivity contribution in [2.45, 2.75) is 69.4 Å². The molecule has 2 aliphatic carbocycles. The van der Waals surface area contributed by atoms with Crippen LogP contribution in [0, 0.1) is 23.7 Å². The molecule has 3 saturated heterocycles. The molecule has 3 unspecified atom stereocenters. The van der Waals surface area contributed by atoms with Gasteiger partial charge in [0.1, 0.15) is 0 Å². The van der Waals surface area contributed by atoms with Crippen LogP contribution in [0.2, 0.25) is 5.02 Å². The molecule has 2 N–H and O–H groups in total. The normalized spacial score (nSPS) is 25.7. The minimum absolute atomic E-state index is 0.0377. The SMILES string of the molecule is CN(Cc1ccccc1Cl)C1C[C@@H]2CN(C(=O)n3cc(C(=O)N4CCC(c5cccc(CN(C)C6C[C@@H]7CN(C(=O)n8cc(C(N)=O)cn8)C[C@@H]7C6)c5C(F)(F)F)C4)cn3)C[C@@H]2C1. The summed E-state index contributed by atoms with van der Waals surface area (Å²) in [5.74, 6) is -0.425. The molecule has 2 aromatic carbocycles. The molecule has 18 heteroatoms. The molecular weight excluding hydrogens is 837 g/mol. The number of benzene rings is 2. The summed E-state index contributed by atoms with van der Waals surface area (Å²) in [6.07, 6.45) is 4.58. The van der Waals surface area contributed by atoms with Gasteiger partial charge in [-0.15, -0.1) is 0 Å². The van der Waals surface area contributed by atoms with Gasteiger partial charge in [-0.3, -0.25) is 19.4 Å². The van der Waals surface area contributed by atoms with Crippen LogP contribution in [0.25, 0.3) is 0 Å². The van der Waals surface area contributed by atoms with E-state index < -0.39 is 23.6 Å². The maximum atomic E-state index is 15.0. The zero-order valence-corrected chi connectivity index (χ0v) is 36.1. The summed E-state index contributed by atoms with van der Waals surface area (Å²) < 4.78 is 47.4. The van der Waals surface area contributed by atoms with Crippen molar-refractivity contribution in [1.29, 1.82) is 0 Å². The topological polar surface area (TPSA) is 146 Å². The van der Waals surface area contributed by atoms with Crippen molar-refractivity contribution in [3.63, 3.8) is 0 Å². The number of aromatic nitrogens is 4. The zero-order valence-electron chi connectivity index (χ0n) is 35.3. The first kappa shape index (κ1) is 43.0. The first-order valence-electron chi connectivity index (χ1n) is 21.7. The van der Waals surface area contributed by atoms with Crippen molar-refractivity contribution in [1.82, 2.24) is 44.1 Å². The van der Waals surface area contributed by atoms with E-state index in [1.54, 1.807) is 26.8 Å². The van der Waals surface area contributed by atoms with Crippen LogP contribution < -0.4 is 5.73 Å². The Bertz CT molecular complexity index is 2380. The number of nitrogens with zero attached hydrogens (tertiary/aromatic N) is 9. The zero-order chi connectivity index (χ0) is 44.3. The first-order valence-corrected chi connectivity index (χ1v) is 22.1. The molecule has 0 bridgehead atoms. The van der Waals surface area contributed by atoms with Crippen molar-refractivity contribution in [2.75, 3.05) is 53.4 Å². The quantitative estimate of drug-likeness (QED) is 0.212. The van der Waals surface area contributed by atoms with Crippen LogP contribution in [-0.2, 0) is 19.3 Å². The third-order valence-corrected chi connectivity index (χ3v) is 14.9. The molecule has 63 heavy (non-hydrogen) atoms. The molecule has 334 valence electrons. The second-order valence-corrected chi connectivity index (χ2v) is 18.8. The molecule has 5 heterocycles. The van der Waals surface area contributed by atoms with E-state index in [9.17, 15) is 19.2 Å². The average Bonchev–Trinajstić information content (AvgIpc) is 4.10. The number of rotatable bonds is 9. The molecular formula is C45H52ClF3N10O4. The lowest BCUT2D eigenvalue weighted by molar-refractivity contribution is -0.139. The number of carbonyl (C=O) groups excluding carboxylic acids is 4. The number of halogens is 4. The van der Waals surface area contributed by atoms with Crippen molar-refractivity contribution >= 4 is 35.5 Å². The lowest BCUT2D eigenvalue weighted by Crippen LogP contribution is -2.36. The summed E-state index contributed by atoms with van der Waals surface area (Å²) in [7, 11) is 3.97. The van der Waals surface area contributed by atoms with Gasteiger partial charge < -0.3 is 20.4 Å². The van der Waals surface area contributed by atoms with Crippen LogP contribution in [0.15, 0.2) is 67.3 Å². The minimum Gasteiger partial charge on any atom is -0.366 e. The molecule has 2 saturated carbocycles. The first-order chi connectivity index (χ1) is 30.1. The Labute approximate surface area is 368 Å². The number of hydrogen-bond donors (Lipinski definition) is 1. The Morgan fingerprint density at radius 2 is 1.22 bits per heavy atom. The standard InChI is InChI=1S/C45H52ClF3N10O4/c1-53(18-28-6-3-4-9-39(28)46)36-12-30-23-57(24-31(30)13-36)44(63)59-26-35(17-52-59)42(61)55-11-10-27(20-55)38-8-5-7-29(40(38)45(47,48)49)19-54(2)37-14-32-21-56(22-33(32)15-37)43(62)58-25-34(16-51-58)41(50)60/h3-9,16-17,25-27,30-33,36-37H,10-15,18-24H2,1-2H3,(H2,50,60)/t27?,30-,31+,32-,33+,36?,37?. The van der Waals surface area contributed by atoms with Crippen LogP contribution in [0.5, 0.6) is 0 Å². The average molecular weight is 889 g/mol. The molecule has 7 atom stereocenters. The maximum absolute atomic E-state index is 15.0. The second-order valence-electron chi connectivity index (χ2n) is 18.4. The lowest BCUT2D eigenvalue weighted by Gasteiger charge is -2.29. The number of nitrogens with two attached hydrogens (primary N) is 1. The number of amides is 4. The summed E-state index contributed by atoms with van der Waals surface area (Å²) >= 11 is 6.41. The van der Waals surface area contributed by atoms with E-state index in [0.717, 1.165) is 47.5 Å². The summed E-state index contributed by atoms with van der Waals surface area (Å²) in [5, 5.41) is 9.00. The predicted molar refractivity (Wildman–Crippen MR) is 227 cm³/mol. The molecule has 4 aromatic rings. The third kappa shape index (κ3) is 8.58. The van der Waals surface area contributed by atoms with Gasteiger partial charge in [0.2, 0.25) is 0 Å². The number of alkyl halides is 3. The highest BCUT2D eigenvalue weighted by atomic mass is 35.5. The van der Waals surface area contributed by atoms with Gasteiger partial charge >= 0.3 is 18.2 Å². The molecule has 4 amide bonds. The lowest BCUT2D eigenvalue weighted by atomic mass is 9.89. The molecule has 2 aromatic heterocycles. The highest BCUT2D eigenvalue weighted by Gasteiger charge is 2.46. The highest BCUT2D eigenvalue weighted by Crippen LogP contribution is 2.44. The van der Waals surface area contributed by atoms with Crippen LogP contribution in [-0.4, -0.2) is 133 Å². The smallest absolute Gasteiger partial charge is 0.366 e. The van der Waals surface area contributed by atoms with Crippen molar-refractivity contribution in [3.05, 3.63) is 106 Å². The highest BCUT2D eigenvalue weighted by molar-refractivity contribution is 6.31. The van der Waals surface area contributed by atoms with E-state index >= 15 is 13.2 Å². The van der Waals surface area contributed by atoms with Gasteiger partial charge in [-0.25, -0.2) is 9.59 Å². The van der Waals surface area contributed by atoms with Crippen LogP contribution >= 0.6 is 11.6 Å². The largest absolute Gasteiger partial charge is 0.417 e. The number of hydrogen-bond acceptors (Lipinski definition) is 8. The number of carbonyl (C=O) groups is 4. The van der Waals surface area contributed by atoms with E-state index in [0.29, 0.717) is 50.5 Å². The molecule has 0 radical (unpaired) electrons. The molecule has 0 spiro atoms. The van der Waals surface area contributed by atoms with E-state index in [2.05, 4.69) is 22.1 Å². The summed E-state index contributed by atoms with van der Waals surface area (Å²) in [4.78, 5) is 61.2. The second kappa shape index (κ2) is 17.0. The molecule has 14 nitrogen and oxygen atoms in total. The van der Waals surface area contributed by atoms with Crippen LogP contribution in [0.4, 0.5) is 22.8 Å². The van der Waals surface area contributed by atoms with Crippen LogP contribution in [0.1, 0.15) is 81.0 Å². The van der Waals surface area contributed by atoms with Crippen molar-refractivity contribution in [2.24, 2.45) is 29.4 Å². The summed E-state index contributed by atoms with van der Waals surface area (Å²) in [6, 6.07) is 12.4. The maximum Gasteiger partial charge on any atom is 0.417 e. The van der Waals surface area contributed by atoms with Gasteiger partial charge in [-0.1, -0.05) is 48.0 Å². The molecule has 5 fully saturated rings.